The number of nitrogen functional groups attached to an aromatic ring is 1. The van der Waals surface area contributed by atoms with Gasteiger partial charge in [-0.3, -0.25) is 9.59 Å². The predicted octanol–water partition coefficient (Wildman–Crippen LogP) is 3.74. The maximum atomic E-state index is 13.1. The van der Waals surface area contributed by atoms with Gasteiger partial charge in [0.1, 0.15) is 23.6 Å². The Kier molecular flexibility index (Phi) is 10.0. The number of aromatic nitrogens is 6. The third-order valence-corrected chi connectivity index (χ3v) is 8.77. The summed E-state index contributed by atoms with van der Waals surface area (Å²) < 4.78 is 7.59. The summed E-state index contributed by atoms with van der Waals surface area (Å²) >= 11 is 0. The van der Waals surface area contributed by atoms with Crippen molar-refractivity contribution in [1.29, 1.82) is 0 Å². The number of carboxylic acids is 2. The lowest BCUT2D eigenvalue weighted by Crippen LogP contribution is -2.39. The zero-order valence-corrected chi connectivity index (χ0v) is 27.5. The molecule has 4 heterocycles. The molecule has 0 unspecified atom stereocenters. The van der Waals surface area contributed by atoms with E-state index in [0.29, 0.717) is 77.9 Å². The number of H-pyrrole nitrogens is 1. The number of anilines is 2. The minimum absolute atomic E-state index is 0.0164. The van der Waals surface area contributed by atoms with Crippen LogP contribution in [0.1, 0.15) is 47.4 Å². The molecule has 0 spiro atoms. The van der Waals surface area contributed by atoms with E-state index in [9.17, 15) is 19.2 Å². The molecule has 1 saturated carbocycles. The number of hydrogen-bond acceptors (Lipinski definition) is 10. The number of nitrogens with zero attached hydrogens (tertiary/aromatic N) is 6. The van der Waals surface area contributed by atoms with Gasteiger partial charge in [0.2, 0.25) is 5.91 Å². The summed E-state index contributed by atoms with van der Waals surface area (Å²) in [6, 6.07) is 15.7. The number of carbonyl (C=O) groups is 4. The average Bonchev–Trinajstić information content (AvgIpc) is 3.56. The van der Waals surface area contributed by atoms with Gasteiger partial charge in [-0.25, -0.2) is 29.2 Å². The SMILES string of the molecule is COc1cc(-c2nn(C3CCN(C(=O)c4ncc[nH]4)CC3)c3ncnc(N)c23)ccc1NC(=O)[C@@H]1C[C@H]1c1ccccc1.O=C(O)C=CC(=O)O. The molecule has 0 bridgehead atoms. The van der Waals surface area contributed by atoms with E-state index in [-0.39, 0.29) is 29.7 Å². The number of carboxylic acid groups (broad SMARTS) is 2. The number of aromatic amines is 1. The van der Waals surface area contributed by atoms with Crippen LogP contribution >= 0.6 is 0 Å². The molecule has 2 atom stereocenters. The minimum atomic E-state index is -1.26. The number of fused-ring (bicyclic) bond motifs is 1. The lowest BCUT2D eigenvalue weighted by Gasteiger charge is -2.31. The van der Waals surface area contributed by atoms with Crippen LogP contribution in [0.15, 0.2) is 79.4 Å². The van der Waals surface area contributed by atoms with E-state index in [1.165, 1.54) is 11.9 Å². The van der Waals surface area contributed by atoms with Gasteiger partial charge in [0.05, 0.1) is 24.2 Å². The number of likely N-dealkylation sites (tertiary alicyclic amines) is 1. The van der Waals surface area contributed by atoms with Crippen LogP contribution < -0.4 is 15.8 Å². The number of benzene rings is 2. The van der Waals surface area contributed by atoms with Crippen LogP contribution in [0.25, 0.3) is 22.3 Å². The lowest BCUT2D eigenvalue weighted by atomic mass is 10.0. The molecule has 2 aliphatic rings. The van der Waals surface area contributed by atoms with E-state index < -0.39 is 11.9 Å². The number of carbonyl (C=O) groups excluding carboxylic acids is 2. The Hall–Kier alpha value is -6.58. The standard InChI is InChI=1S/C31H31N9O3.C4H4O4/c1-43-24-15-19(7-8-23(24)37-30(41)22-16-21(22)18-5-3-2-4-6-18)26-25-27(32)35-17-36-29(25)40(38-26)20-9-13-39(14-10-20)31(42)28-33-11-12-34-28;5-3(6)1-2-4(7)8/h2-8,11-12,15,17,20-22H,9-10,13-14,16H2,1H3,(H,33,34)(H,37,41)(H2,32,35,36);1-2H,(H,5,6)(H,7,8)/t21-,22+;/m0./s1. The number of piperidine rings is 1. The molecule has 16 nitrogen and oxygen atoms in total. The Bertz CT molecular complexity index is 2070. The number of methoxy groups -OCH3 is 1. The van der Waals surface area contributed by atoms with Crippen molar-refractivity contribution in [1.82, 2.24) is 34.6 Å². The van der Waals surface area contributed by atoms with Gasteiger partial charge in [0.25, 0.3) is 5.91 Å². The number of imidazole rings is 1. The molecule has 16 heteroatoms. The highest BCUT2D eigenvalue weighted by Crippen LogP contribution is 2.48. The number of rotatable bonds is 9. The molecule has 1 aliphatic heterocycles. The second-order valence-corrected chi connectivity index (χ2v) is 12.0. The van der Waals surface area contributed by atoms with Gasteiger partial charge in [0, 0.05) is 49.1 Å². The molecule has 2 fully saturated rings. The van der Waals surface area contributed by atoms with Gasteiger partial charge in [-0.15, -0.1) is 0 Å². The summed E-state index contributed by atoms with van der Waals surface area (Å²) in [7, 11) is 1.57. The zero-order chi connectivity index (χ0) is 36.1. The zero-order valence-electron chi connectivity index (χ0n) is 27.5. The third kappa shape index (κ3) is 7.69. The Morgan fingerprint density at radius 1 is 1.00 bits per heavy atom. The van der Waals surface area contributed by atoms with Crippen LogP contribution in [0.3, 0.4) is 0 Å². The third-order valence-electron chi connectivity index (χ3n) is 8.77. The molecule has 3 aromatic heterocycles. The van der Waals surface area contributed by atoms with Crippen molar-refractivity contribution >= 4 is 46.3 Å². The highest BCUT2D eigenvalue weighted by molar-refractivity contribution is 6.00. The second kappa shape index (κ2) is 14.9. The van der Waals surface area contributed by atoms with Crippen LogP contribution in [0.2, 0.25) is 0 Å². The molecule has 6 N–H and O–H groups in total. The van der Waals surface area contributed by atoms with Crippen molar-refractivity contribution in [2.24, 2.45) is 5.92 Å². The Morgan fingerprint density at radius 3 is 2.37 bits per heavy atom. The van der Waals surface area contributed by atoms with Crippen molar-refractivity contribution in [3.8, 4) is 17.0 Å². The summed E-state index contributed by atoms with van der Waals surface area (Å²) in [4.78, 5) is 62.5. The van der Waals surface area contributed by atoms with Gasteiger partial charge in [0.15, 0.2) is 11.5 Å². The number of amides is 2. The fraction of sp³-hybridized carbons (Fsp3) is 0.257. The van der Waals surface area contributed by atoms with E-state index in [1.807, 2.05) is 41.1 Å². The highest BCUT2D eigenvalue weighted by Gasteiger charge is 2.44. The van der Waals surface area contributed by atoms with Gasteiger partial charge < -0.3 is 35.9 Å². The van der Waals surface area contributed by atoms with E-state index in [0.717, 1.165) is 12.0 Å². The Balaban J connectivity index is 0.000000503. The van der Waals surface area contributed by atoms with Gasteiger partial charge in [-0.1, -0.05) is 36.4 Å². The summed E-state index contributed by atoms with van der Waals surface area (Å²) in [5.41, 5.74) is 10.2. The molecule has 51 heavy (non-hydrogen) atoms. The summed E-state index contributed by atoms with van der Waals surface area (Å²) in [5, 5.41) is 24.3. The van der Waals surface area contributed by atoms with Crippen molar-refractivity contribution in [3.63, 3.8) is 0 Å². The van der Waals surface area contributed by atoms with Crippen molar-refractivity contribution < 1.29 is 34.1 Å². The smallest absolute Gasteiger partial charge is 0.328 e. The Morgan fingerprint density at radius 2 is 1.73 bits per heavy atom. The monoisotopic (exact) mass is 693 g/mol. The molecule has 262 valence electrons. The lowest BCUT2D eigenvalue weighted by molar-refractivity contribution is -0.134. The van der Waals surface area contributed by atoms with Crippen molar-refractivity contribution in [2.75, 3.05) is 31.2 Å². The average molecular weight is 694 g/mol. The maximum Gasteiger partial charge on any atom is 0.328 e. The fourth-order valence-corrected chi connectivity index (χ4v) is 6.16. The number of aliphatic carboxylic acids is 2. The number of ether oxygens (including phenoxy) is 1. The van der Waals surface area contributed by atoms with Gasteiger partial charge in [-0.2, -0.15) is 5.10 Å². The van der Waals surface area contributed by atoms with E-state index in [2.05, 4.69) is 37.4 Å². The van der Waals surface area contributed by atoms with Crippen LogP contribution in [0.5, 0.6) is 5.75 Å². The molecular weight excluding hydrogens is 658 g/mol. The summed E-state index contributed by atoms with van der Waals surface area (Å²) in [6.45, 7) is 1.13. The molecule has 7 rings (SSSR count). The molecule has 1 aliphatic carbocycles. The fourth-order valence-electron chi connectivity index (χ4n) is 6.16. The van der Waals surface area contributed by atoms with Crippen LogP contribution in [-0.4, -0.2) is 88.8 Å². The molecule has 0 radical (unpaired) electrons. The number of hydrogen-bond donors (Lipinski definition) is 5. The second-order valence-electron chi connectivity index (χ2n) is 12.0. The van der Waals surface area contributed by atoms with Gasteiger partial charge >= 0.3 is 11.9 Å². The van der Waals surface area contributed by atoms with Crippen LogP contribution in [-0.2, 0) is 14.4 Å². The maximum absolute atomic E-state index is 13.1. The summed E-state index contributed by atoms with van der Waals surface area (Å²) in [6.07, 6.45) is 8.00. The van der Waals surface area contributed by atoms with Gasteiger partial charge in [-0.05, 0) is 42.9 Å². The quantitative estimate of drug-likeness (QED) is 0.139. The van der Waals surface area contributed by atoms with E-state index >= 15 is 0 Å². The predicted molar refractivity (Wildman–Crippen MR) is 185 cm³/mol. The first kappa shape index (κ1) is 34.3. The van der Waals surface area contributed by atoms with Crippen molar-refractivity contribution in [3.05, 3.63) is 90.8 Å². The number of nitrogens with two attached hydrogens (primary N) is 1. The van der Waals surface area contributed by atoms with E-state index in [1.54, 1.807) is 24.4 Å². The first-order valence-electron chi connectivity index (χ1n) is 16.1. The first-order valence-corrected chi connectivity index (χ1v) is 16.1. The normalized spacial score (nSPS) is 17.1. The molecule has 2 aromatic carbocycles. The highest BCUT2D eigenvalue weighted by atomic mass is 16.5. The molecule has 5 aromatic rings. The number of nitrogens with one attached hydrogen (secondary N) is 2. The van der Waals surface area contributed by atoms with E-state index in [4.69, 9.17) is 25.8 Å². The van der Waals surface area contributed by atoms with Crippen LogP contribution in [0, 0.1) is 5.92 Å². The Labute approximate surface area is 291 Å². The summed E-state index contributed by atoms with van der Waals surface area (Å²) in [5.74, 6) is -1.29. The first-order chi connectivity index (χ1) is 24.6. The van der Waals surface area contributed by atoms with Crippen LogP contribution in [0.4, 0.5) is 11.5 Å². The minimum Gasteiger partial charge on any atom is -0.495 e. The molecule has 2 amide bonds. The molecular formula is C35H35N9O7. The largest absolute Gasteiger partial charge is 0.495 e. The molecule has 1 saturated heterocycles. The topological polar surface area (TPSA) is 232 Å². The van der Waals surface area contributed by atoms with Crippen molar-refractivity contribution in [2.45, 2.75) is 31.2 Å².